The molecule has 0 heterocycles. The summed E-state index contributed by atoms with van der Waals surface area (Å²) in [5.41, 5.74) is 4.27. The maximum Gasteiger partial charge on any atom is 0.00216 e. The van der Waals surface area contributed by atoms with E-state index in [0.717, 1.165) is 13.1 Å². The van der Waals surface area contributed by atoms with Crippen molar-refractivity contribution in [3.8, 4) is 0 Å². The van der Waals surface area contributed by atoms with E-state index in [2.05, 4.69) is 50.8 Å². The summed E-state index contributed by atoms with van der Waals surface area (Å²) >= 11 is 0. The molecule has 84 valence electrons. The summed E-state index contributed by atoms with van der Waals surface area (Å²) < 4.78 is 0. The van der Waals surface area contributed by atoms with Crippen molar-refractivity contribution >= 4 is 0 Å². The Labute approximate surface area is 94.2 Å². The van der Waals surface area contributed by atoms with Crippen molar-refractivity contribution in [1.82, 2.24) is 4.90 Å². The highest BCUT2D eigenvalue weighted by Crippen LogP contribution is 2.20. The van der Waals surface area contributed by atoms with Gasteiger partial charge in [0.2, 0.25) is 0 Å². The molecule has 0 atom stereocenters. The second-order valence-corrected chi connectivity index (χ2v) is 4.28. The van der Waals surface area contributed by atoms with Gasteiger partial charge in [0.05, 0.1) is 0 Å². The van der Waals surface area contributed by atoms with Gasteiger partial charge < -0.3 is 4.90 Å². The number of hydrogen-bond donors (Lipinski definition) is 0. The van der Waals surface area contributed by atoms with Crippen molar-refractivity contribution in [2.24, 2.45) is 0 Å². The molecular weight excluding hydrogens is 182 g/mol. The largest absolute Gasteiger partial charge is 0.304 e. The average molecular weight is 205 g/mol. The van der Waals surface area contributed by atoms with Crippen molar-refractivity contribution < 1.29 is 0 Å². The summed E-state index contributed by atoms with van der Waals surface area (Å²) in [5.74, 6) is 0. The van der Waals surface area contributed by atoms with E-state index in [1.54, 1.807) is 0 Å². The number of hydrogen-bond acceptors (Lipinski definition) is 1. The second-order valence-electron chi connectivity index (χ2n) is 4.28. The molecule has 1 heteroatoms. The third-order valence-electron chi connectivity index (χ3n) is 3.01. The van der Waals surface area contributed by atoms with E-state index >= 15 is 0 Å². The Morgan fingerprint density at radius 1 is 1.13 bits per heavy atom. The van der Waals surface area contributed by atoms with E-state index < -0.39 is 0 Å². The number of allylic oxidation sites excluding steroid dienone is 5. The summed E-state index contributed by atoms with van der Waals surface area (Å²) in [6, 6.07) is 0. The average Bonchev–Trinajstić information content (AvgIpc) is 2.68. The lowest BCUT2D eigenvalue weighted by Crippen LogP contribution is -2.24. The molecule has 0 fully saturated rings. The van der Waals surface area contributed by atoms with Gasteiger partial charge in [0.25, 0.3) is 0 Å². The summed E-state index contributed by atoms with van der Waals surface area (Å²) in [7, 11) is 0. The lowest BCUT2D eigenvalue weighted by atomic mass is 10.1. The number of nitrogens with zero attached hydrogens (tertiary/aromatic N) is 1. The quantitative estimate of drug-likeness (QED) is 0.663. The first-order valence-electron chi connectivity index (χ1n) is 5.95. The molecular formula is C14H23N. The van der Waals surface area contributed by atoms with Crippen molar-refractivity contribution in [3.05, 3.63) is 34.9 Å². The van der Waals surface area contributed by atoms with Crippen LogP contribution in [0.2, 0.25) is 0 Å². The summed E-state index contributed by atoms with van der Waals surface area (Å²) in [4.78, 5) is 2.47. The molecule has 1 aliphatic rings. The highest BCUT2D eigenvalue weighted by Gasteiger charge is 2.05. The Bertz CT molecular complexity index is 286. The molecule has 0 amide bonds. The minimum Gasteiger partial charge on any atom is -0.304 e. The fraction of sp³-hybridized carbons (Fsp3) is 0.571. The summed E-state index contributed by atoms with van der Waals surface area (Å²) in [6.45, 7) is 12.3. The topological polar surface area (TPSA) is 3.24 Å². The lowest BCUT2D eigenvalue weighted by Gasteiger charge is -2.17. The molecule has 0 saturated carbocycles. The van der Waals surface area contributed by atoms with Crippen LogP contribution in [0.1, 0.15) is 34.1 Å². The molecule has 15 heavy (non-hydrogen) atoms. The Hall–Kier alpha value is -0.820. The van der Waals surface area contributed by atoms with Gasteiger partial charge in [-0.15, -0.1) is 0 Å². The normalized spacial score (nSPS) is 15.0. The zero-order valence-corrected chi connectivity index (χ0v) is 10.5. The molecule has 0 unspecified atom stereocenters. The number of rotatable bonds is 5. The second kappa shape index (κ2) is 5.92. The molecule has 0 N–H and O–H groups in total. The Kier molecular flexibility index (Phi) is 4.83. The van der Waals surface area contributed by atoms with Crippen molar-refractivity contribution in [2.45, 2.75) is 34.1 Å². The van der Waals surface area contributed by atoms with Crippen molar-refractivity contribution in [3.63, 3.8) is 0 Å². The highest BCUT2D eigenvalue weighted by atomic mass is 15.1. The van der Waals surface area contributed by atoms with Gasteiger partial charge in [0.15, 0.2) is 0 Å². The van der Waals surface area contributed by atoms with Gasteiger partial charge in [-0.2, -0.15) is 0 Å². The van der Waals surface area contributed by atoms with E-state index in [1.165, 1.54) is 29.7 Å². The van der Waals surface area contributed by atoms with Gasteiger partial charge in [-0.05, 0) is 44.5 Å². The van der Waals surface area contributed by atoms with Crippen LogP contribution in [0, 0.1) is 0 Å². The fourth-order valence-corrected chi connectivity index (χ4v) is 1.79. The van der Waals surface area contributed by atoms with Gasteiger partial charge >= 0.3 is 0 Å². The first kappa shape index (κ1) is 12.3. The van der Waals surface area contributed by atoms with Crippen LogP contribution in [0.25, 0.3) is 0 Å². The van der Waals surface area contributed by atoms with Crippen LogP contribution in [0.5, 0.6) is 0 Å². The summed E-state index contributed by atoms with van der Waals surface area (Å²) in [5, 5.41) is 0. The highest BCUT2D eigenvalue weighted by molar-refractivity contribution is 5.47. The van der Waals surface area contributed by atoms with Crippen LogP contribution in [0.3, 0.4) is 0 Å². The van der Waals surface area contributed by atoms with E-state index in [4.69, 9.17) is 0 Å². The standard InChI is InChI=1S/C14H23N/c1-5-15(6-2)10-9-13-7-8-14(11-13)12(3)4/h7-8,11H,5-6,9-10H2,1-4H3. The molecule has 0 radical (unpaired) electrons. The van der Waals surface area contributed by atoms with Crippen LogP contribution in [0.4, 0.5) is 0 Å². The Balaban J connectivity index is 2.46. The van der Waals surface area contributed by atoms with E-state index in [9.17, 15) is 0 Å². The lowest BCUT2D eigenvalue weighted by molar-refractivity contribution is 0.308. The molecule has 1 rings (SSSR count). The van der Waals surface area contributed by atoms with Crippen molar-refractivity contribution in [2.75, 3.05) is 19.6 Å². The van der Waals surface area contributed by atoms with Crippen LogP contribution in [-0.2, 0) is 0 Å². The molecule has 0 aliphatic heterocycles. The van der Waals surface area contributed by atoms with Crippen molar-refractivity contribution in [1.29, 1.82) is 0 Å². The smallest absolute Gasteiger partial charge is 0.00216 e. The van der Waals surface area contributed by atoms with Gasteiger partial charge in [0, 0.05) is 6.54 Å². The van der Waals surface area contributed by atoms with Crippen LogP contribution < -0.4 is 0 Å². The molecule has 0 saturated heterocycles. The Morgan fingerprint density at radius 3 is 2.27 bits per heavy atom. The third kappa shape index (κ3) is 3.67. The van der Waals surface area contributed by atoms with E-state index in [1.807, 2.05) is 0 Å². The van der Waals surface area contributed by atoms with E-state index in [-0.39, 0.29) is 0 Å². The molecule has 0 aromatic heterocycles. The van der Waals surface area contributed by atoms with Crippen LogP contribution >= 0.6 is 0 Å². The molecule has 0 bridgehead atoms. The molecule has 1 aliphatic carbocycles. The first-order chi connectivity index (χ1) is 7.17. The van der Waals surface area contributed by atoms with Gasteiger partial charge in [-0.3, -0.25) is 0 Å². The predicted octanol–water partition coefficient (Wildman–Crippen LogP) is 3.55. The van der Waals surface area contributed by atoms with Crippen LogP contribution in [-0.4, -0.2) is 24.5 Å². The zero-order chi connectivity index (χ0) is 11.3. The zero-order valence-electron chi connectivity index (χ0n) is 10.5. The molecule has 0 spiro atoms. The maximum atomic E-state index is 2.47. The third-order valence-corrected chi connectivity index (χ3v) is 3.01. The SMILES string of the molecule is CCN(CC)CCC1=CC(=C(C)C)C=C1. The van der Waals surface area contributed by atoms with E-state index in [0.29, 0.717) is 0 Å². The van der Waals surface area contributed by atoms with Gasteiger partial charge in [0.1, 0.15) is 0 Å². The minimum absolute atomic E-state index is 1.16. The molecule has 0 aromatic carbocycles. The first-order valence-corrected chi connectivity index (χ1v) is 5.95. The Morgan fingerprint density at radius 2 is 1.80 bits per heavy atom. The monoisotopic (exact) mass is 205 g/mol. The van der Waals surface area contributed by atoms with Gasteiger partial charge in [-0.25, -0.2) is 0 Å². The summed E-state index contributed by atoms with van der Waals surface area (Å²) in [6.07, 6.45) is 7.98. The van der Waals surface area contributed by atoms with Crippen LogP contribution in [0.15, 0.2) is 34.9 Å². The maximum absolute atomic E-state index is 2.47. The van der Waals surface area contributed by atoms with Gasteiger partial charge in [-0.1, -0.05) is 37.6 Å². The predicted molar refractivity (Wildman–Crippen MR) is 68.0 cm³/mol. The fourth-order valence-electron chi connectivity index (χ4n) is 1.79. The minimum atomic E-state index is 1.16. The molecule has 1 nitrogen and oxygen atoms in total. The molecule has 0 aromatic rings.